The van der Waals surface area contributed by atoms with E-state index in [9.17, 15) is 0 Å². The Morgan fingerprint density at radius 3 is 1.33 bits per heavy atom. The van der Waals surface area contributed by atoms with Crippen molar-refractivity contribution in [2.24, 2.45) is 11.8 Å². The highest BCUT2D eigenvalue weighted by molar-refractivity contribution is 5.28. The molecule has 0 N–H and O–H groups in total. The average Bonchev–Trinajstić information content (AvgIpc) is 3.11. The number of nitrogens with zero attached hydrogens (tertiary/aromatic N) is 6. The van der Waals surface area contributed by atoms with Crippen molar-refractivity contribution in [2.75, 3.05) is 28.2 Å². The van der Waals surface area contributed by atoms with Gasteiger partial charge >= 0.3 is 0 Å². The van der Waals surface area contributed by atoms with E-state index in [0.717, 1.165) is 11.6 Å². The lowest BCUT2D eigenvalue weighted by Crippen LogP contribution is -2.65. The first kappa shape index (κ1) is 17.2. The molecule has 0 aliphatic carbocycles. The van der Waals surface area contributed by atoms with Gasteiger partial charge in [-0.3, -0.25) is 9.80 Å². The number of fused-ring (bicyclic) bond motifs is 2. The Morgan fingerprint density at radius 1 is 0.750 bits per heavy atom. The minimum Gasteiger partial charge on any atom is -0.305 e. The van der Waals surface area contributed by atoms with Gasteiger partial charge in [0.05, 0.1) is 0 Å². The van der Waals surface area contributed by atoms with Gasteiger partial charge in [-0.1, -0.05) is 27.7 Å². The first-order valence-corrected chi connectivity index (χ1v) is 8.66. The molecule has 0 bridgehead atoms. The number of rotatable bonds is 4. The van der Waals surface area contributed by atoms with Crippen LogP contribution in [0.15, 0.2) is 24.8 Å². The van der Waals surface area contributed by atoms with Gasteiger partial charge in [0.25, 0.3) is 0 Å². The Morgan fingerprint density at radius 2 is 1.08 bits per heavy atom. The molecule has 132 valence electrons. The quantitative estimate of drug-likeness (QED) is 0.862. The van der Waals surface area contributed by atoms with Crippen LogP contribution in [0.5, 0.6) is 0 Å². The molecule has 6 heteroatoms. The Balaban J connectivity index is 2.47. The van der Waals surface area contributed by atoms with Gasteiger partial charge < -0.3 is 9.13 Å². The van der Waals surface area contributed by atoms with E-state index in [1.165, 1.54) is 0 Å². The van der Waals surface area contributed by atoms with E-state index < -0.39 is 0 Å². The highest BCUT2D eigenvalue weighted by atomic mass is 15.5. The van der Waals surface area contributed by atoms with E-state index in [4.69, 9.17) is 9.97 Å². The highest BCUT2D eigenvalue weighted by Crippen LogP contribution is 2.48. The van der Waals surface area contributed by atoms with E-state index >= 15 is 0 Å². The Hall–Kier alpha value is -1.66. The SMILES string of the molecule is CC(C)C1(N(C)C)c2nccn2C(C(C)C)(N(C)C)c2nccn21. The van der Waals surface area contributed by atoms with Gasteiger partial charge in [-0.05, 0) is 40.0 Å². The zero-order valence-corrected chi connectivity index (χ0v) is 16.1. The summed E-state index contributed by atoms with van der Waals surface area (Å²) in [6, 6.07) is 0. The van der Waals surface area contributed by atoms with Gasteiger partial charge in [-0.15, -0.1) is 0 Å². The summed E-state index contributed by atoms with van der Waals surface area (Å²) in [6.45, 7) is 9.00. The molecule has 3 heterocycles. The average molecular weight is 330 g/mol. The topological polar surface area (TPSA) is 42.1 Å². The molecule has 3 rings (SSSR count). The van der Waals surface area contributed by atoms with Crippen LogP contribution in [0.25, 0.3) is 0 Å². The zero-order chi connectivity index (χ0) is 17.9. The maximum Gasteiger partial charge on any atom is 0.160 e. The van der Waals surface area contributed by atoms with Crippen molar-refractivity contribution in [3.63, 3.8) is 0 Å². The molecule has 2 atom stereocenters. The van der Waals surface area contributed by atoms with E-state index in [2.05, 4.69) is 87.2 Å². The number of aromatic nitrogens is 4. The van der Waals surface area contributed by atoms with Crippen LogP contribution in [0.4, 0.5) is 0 Å². The molecule has 0 spiro atoms. The molecule has 1 aliphatic rings. The fourth-order valence-corrected chi connectivity index (χ4v) is 4.85. The van der Waals surface area contributed by atoms with E-state index in [-0.39, 0.29) is 11.3 Å². The van der Waals surface area contributed by atoms with E-state index in [1.54, 1.807) is 0 Å². The molecule has 0 fully saturated rings. The van der Waals surface area contributed by atoms with Gasteiger partial charge in [0.1, 0.15) is 0 Å². The van der Waals surface area contributed by atoms with Crippen LogP contribution in [0.2, 0.25) is 0 Å². The number of hydrogen-bond acceptors (Lipinski definition) is 4. The highest BCUT2D eigenvalue weighted by Gasteiger charge is 2.57. The third kappa shape index (κ3) is 1.73. The predicted octanol–water partition coefficient (Wildman–Crippen LogP) is 2.23. The molecule has 0 radical (unpaired) electrons. The van der Waals surface area contributed by atoms with Crippen LogP contribution in [0.3, 0.4) is 0 Å². The van der Waals surface area contributed by atoms with Gasteiger partial charge in [0, 0.05) is 24.8 Å². The molecule has 2 unspecified atom stereocenters. The standard InChI is InChI=1S/C18H30N6/c1-13(2)17(21(5)6)15-19-10-12-24(15)18(14(3)4,22(7)8)16-20-9-11-23(16)17/h9-14H,1-8H3. The second-order valence-electron chi connectivity index (χ2n) is 7.79. The monoisotopic (exact) mass is 330 g/mol. The summed E-state index contributed by atoms with van der Waals surface area (Å²) in [6.07, 6.45) is 8.05. The Kier molecular flexibility index (Phi) is 3.88. The normalized spacial score (nSPS) is 26.5. The lowest BCUT2D eigenvalue weighted by atomic mass is 9.84. The number of imidazole rings is 2. The second-order valence-corrected chi connectivity index (χ2v) is 7.79. The van der Waals surface area contributed by atoms with Crippen molar-refractivity contribution in [1.82, 2.24) is 28.9 Å². The van der Waals surface area contributed by atoms with Crippen LogP contribution < -0.4 is 0 Å². The lowest BCUT2D eigenvalue weighted by Gasteiger charge is -2.55. The molecule has 1 aliphatic heterocycles. The number of hydrogen-bond donors (Lipinski definition) is 0. The van der Waals surface area contributed by atoms with Crippen LogP contribution in [0, 0.1) is 11.8 Å². The van der Waals surface area contributed by atoms with Crippen molar-refractivity contribution in [2.45, 2.75) is 39.0 Å². The summed E-state index contributed by atoms with van der Waals surface area (Å²) in [7, 11) is 8.50. The summed E-state index contributed by atoms with van der Waals surface area (Å²) >= 11 is 0. The van der Waals surface area contributed by atoms with Crippen LogP contribution in [-0.2, 0) is 11.3 Å². The van der Waals surface area contributed by atoms with E-state index in [0.29, 0.717) is 11.8 Å². The maximum absolute atomic E-state index is 4.84. The Labute approximate surface area is 145 Å². The predicted molar refractivity (Wildman–Crippen MR) is 95.7 cm³/mol. The van der Waals surface area contributed by atoms with Crippen molar-refractivity contribution in [3.05, 3.63) is 36.4 Å². The lowest BCUT2D eigenvalue weighted by molar-refractivity contribution is -0.0369. The third-order valence-electron chi connectivity index (χ3n) is 5.65. The minimum atomic E-state index is -0.357. The fourth-order valence-electron chi connectivity index (χ4n) is 4.85. The molecule has 6 nitrogen and oxygen atoms in total. The van der Waals surface area contributed by atoms with Crippen molar-refractivity contribution in [1.29, 1.82) is 0 Å². The van der Waals surface area contributed by atoms with Crippen molar-refractivity contribution in [3.8, 4) is 0 Å². The summed E-state index contributed by atoms with van der Waals surface area (Å²) in [5, 5.41) is 0. The van der Waals surface area contributed by atoms with Gasteiger partial charge in [-0.25, -0.2) is 9.97 Å². The smallest absolute Gasteiger partial charge is 0.160 e. The molecule has 0 amide bonds. The molecule has 2 aromatic heterocycles. The Bertz CT molecular complexity index is 602. The molecule has 0 aromatic carbocycles. The molecular formula is C18H30N6. The summed E-state index contributed by atoms with van der Waals surface area (Å²) in [5.74, 6) is 2.79. The van der Waals surface area contributed by atoms with E-state index in [1.807, 2.05) is 12.4 Å². The first-order valence-electron chi connectivity index (χ1n) is 8.66. The summed E-state index contributed by atoms with van der Waals surface area (Å²) in [4.78, 5) is 14.2. The molecule has 24 heavy (non-hydrogen) atoms. The fraction of sp³-hybridized carbons (Fsp3) is 0.667. The third-order valence-corrected chi connectivity index (χ3v) is 5.65. The van der Waals surface area contributed by atoms with Crippen molar-refractivity contribution >= 4 is 0 Å². The van der Waals surface area contributed by atoms with Gasteiger partial charge in [0.2, 0.25) is 0 Å². The van der Waals surface area contributed by atoms with Crippen LogP contribution in [0.1, 0.15) is 39.3 Å². The second kappa shape index (κ2) is 5.43. The molecule has 2 aromatic rings. The molecule has 0 saturated carbocycles. The summed E-state index contributed by atoms with van der Waals surface area (Å²) < 4.78 is 4.67. The van der Waals surface area contributed by atoms with Crippen molar-refractivity contribution < 1.29 is 0 Å². The van der Waals surface area contributed by atoms with Gasteiger partial charge in [0.15, 0.2) is 23.0 Å². The minimum absolute atomic E-state index is 0.328. The first-order chi connectivity index (χ1) is 11.2. The molecular weight excluding hydrogens is 300 g/mol. The zero-order valence-electron chi connectivity index (χ0n) is 16.1. The summed E-state index contributed by atoms with van der Waals surface area (Å²) in [5.41, 5.74) is -0.715. The van der Waals surface area contributed by atoms with Gasteiger partial charge in [-0.2, -0.15) is 0 Å². The largest absolute Gasteiger partial charge is 0.305 e. The molecule has 0 saturated heterocycles. The maximum atomic E-state index is 4.84. The van der Waals surface area contributed by atoms with Crippen LogP contribution in [-0.4, -0.2) is 57.1 Å². The van der Waals surface area contributed by atoms with Crippen LogP contribution >= 0.6 is 0 Å².